The van der Waals surface area contributed by atoms with Crippen molar-refractivity contribution in [1.82, 2.24) is 0 Å². The maximum absolute atomic E-state index is 12.6. The van der Waals surface area contributed by atoms with Gasteiger partial charge in [-0.1, -0.05) is 147 Å². The molecule has 0 spiro atoms. The molecule has 8 nitrogen and oxygen atoms in total. The van der Waals surface area contributed by atoms with Crippen molar-refractivity contribution in [2.75, 3.05) is 41.0 Å². The molecule has 0 saturated heterocycles. The number of carboxylic acids is 1. The maximum Gasteiger partial charge on any atom is 0.362 e. The van der Waals surface area contributed by atoms with Crippen LogP contribution in [0.2, 0.25) is 0 Å². The first-order chi connectivity index (χ1) is 25.6. The minimum Gasteiger partial charge on any atom is -0.477 e. The van der Waals surface area contributed by atoms with Gasteiger partial charge in [-0.15, -0.1) is 0 Å². The summed E-state index contributed by atoms with van der Waals surface area (Å²) in [6.07, 6.45) is 39.7. The Balaban J connectivity index is 4.19. The van der Waals surface area contributed by atoms with Crippen LogP contribution in [0.15, 0.2) is 24.3 Å². The number of likely N-dealkylation sites (N-methyl/N-ethyl adjacent to an activating group) is 1. The Bertz CT molecular complexity index is 926. The number of quaternary nitrogens is 1. The lowest BCUT2D eigenvalue weighted by atomic mass is 10.1. The summed E-state index contributed by atoms with van der Waals surface area (Å²) < 4.78 is 17.1. The van der Waals surface area contributed by atoms with Crippen LogP contribution in [0.25, 0.3) is 0 Å². The van der Waals surface area contributed by atoms with Crippen LogP contribution >= 0.6 is 0 Å². The van der Waals surface area contributed by atoms with E-state index in [2.05, 4.69) is 32.1 Å². The molecule has 0 aromatic carbocycles. The molecule has 310 valence electrons. The second kappa shape index (κ2) is 36.8. The highest BCUT2D eigenvalue weighted by molar-refractivity contribution is 5.72. The minimum absolute atomic E-state index is 0.0465. The summed E-state index contributed by atoms with van der Waals surface area (Å²) in [4.78, 5) is 36.7. The molecule has 0 amide bonds. The van der Waals surface area contributed by atoms with Crippen LogP contribution in [-0.2, 0) is 28.6 Å². The Morgan fingerprint density at radius 2 is 0.981 bits per heavy atom. The van der Waals surface area contributed by atoms with Crippen LogP contribution in [0, 0.1) is 0 Å². The molecule has 0 saturated carbocycles. The van der Waals surface area contributed by atoms with E-state index in [0.717, 1.165) is 32.1 Å². The molecule has 0 fully saturated rings. The van der Waals surface area contributed by atoms with Crippen LogP contribution in [0.3, 0.4) is 0 Å². The molecule has 1 N–H and O–H groups in total. The number of allylic oxidation sites excluding steroid dienone is 4. The quantitative estimate of drug-likeness (QED) is 0.0289. The van der Waals surface area contributed by atoms with Gasteiger partial charge in [0.1, 0.15) is 6.61 Å². The molecule has 0 aromatic heterocycles. The van der Waals surface area contributed by atoms with Gasteiger partial charge in [0, 0.05) is 19.3 Å². The second-order valence-corrected chi connectivity index (χ2v) is 15.9. The lowest BCUT2D eigenvalue weighted by molar-refractivity contribution is -0.887. The molecule has 2 unspecified atom stereocenters. The number of carbonyl (C=O) groups excluding carboxylic acids is 2. The normalized spacial score (nSPS) is 13.2. The molecular weight excluding hydrogens is 666 g/mol. The first-order valence-corrected chi connectivity index (χ1v) is 21.9. The average molecular weight is 751 g/mol. The number of nitrogens with zero attached hydrogens (tertiary/aromatic N) is 1. The van der Waals surface area contributed by atoms with Gasteiger partial charge >= 0.3 is 17.9 Å². The summed E-state index contributed by atoms with van der Waals surface area (Å²) in [5, 5.41) is 9.58. The van der Waals surface area contributed by atoms with Gasteiger partial charge < -0.3 is 23.8 Å². The molecule has 0 aliphatic carbocycles. The highest BCUT2D eigenvalue weighted by atomic mass is 16.6. The molecule has 0 heterocycles. The zero-order valence-corrected chi connectivity index (χ0v) is 35.2. The molecule has 0 rings (SSSR count). The van der Waals surface area contributed by atoms with Crippen molar-refractivity contribution in [1.29, 1.82) is 0 Å². The Kier molecular flexibility index (Phi) is 35.2. The number of hydrogen-bond donors (Lipinski definition) is 1. The predicted molar refractivity (Wildman–Crippen MR) is 220 cm³/mol. The van der Waals surface area contributed by atoms with Crippen molar-refractivity contribution < 1.29 is 38.2 Å². The molecule has 0 aliphatic heterocycles. The average Bonchev–Trinajstić information content (AvgIpc) is 3.11. The Hall–Kier alpha value is -2.19. The number of unbranched alkanes of at least 4 members (excludes halogenated alkanes) is 21. The molecule has 8 heteroatoms. The summed E-state index contributed by atoms with van der Waals surface area (Å²) in [5.41, 5.74) is 0. The number of rotatable bonds is 39. The molecular formula is C45H84NO7+. The van der Waals surface area contributed by atoms with Crippen LogP contribution in [0.1, 0.15) is 194 Å². The van der Waals surface area contributed by atoms with Gasteiger partial charge in [-0.3, -0.25) is 9.59 Å². The lowest BCUT2D eigenvalue weighted by Gasteiger charge is -2.31. The van der Waals surface area contributed by atoms with Crippen LogP contribution in [0.4, 0.5) is 0 Å². The van der Waals surface area contributed by atoms with Gasteiger partial charge in [0.25, 0.3) is 0 Å². The predicted octanol–water partition coefficient (Wildman–Crippen LogP) is 11.7. The third kappa shape index (κ3) is 35.3. The number of esters is 2. The van der Waals surface area contributed by atoms with E-state index in [4.69, 9.17) is 14.2 Å². The van der Waals surface area contributed by atoms with Crippen molar-refractivity contribution in [2.45, 2.75) is 206 Å². The monoisotopic (exact) mass is 751 g/mol. The first kappa shape index (κ1) is 50.8. The number of aliphatic carboxylic acids is 1. The standard InChI is InChI=1S/C45H83NO7/c1-6-8-10-12-14-16-17-18-19-20-21-22-23-24-25-26-27-28-30-31-33-35-43(47)52-40-41(39-51-38-37-42(45(49)50)46(3,4)5)53-44(48)36-34-32-29-15-13-11-9-7-2/h22-23,29,32,41-42H,6-21,24-28,30-31,33-40H2,1-5H3/p+1/b23-22+,32-29+. The van der Waals surface area contributed by atoms with E-state index in [-0.39, 0.29) is 42.7 Å². The van der Waals surface area contributed by atoms with E-state index in [0.29, 0.717) is 19.3 Å². The van der Waals surface area contributed by atoms with E-state index >= 15 is 0 Å². The topological polar surface area (TPSA) is 99.1 Å². The summed E-state index contributed by atoms with van der Waals surface area (Å²) in [6.45, 7) is 4.65. The van der Waals surface area contributed by atoms with Crippen molar-refractivity contribution in [3.8, 4) is 0 Å². The number of ether oxygens (including phenoxy) is 3. The fourth-order valence-electron chi connectivity index (χ4n) is 6.40. The zero-order chi connectivity index (χ0) is 39.3. The fourth-order valence-corrected chi connectivity index (χ4v) is 6.40. The number of carbonyl (C=O) groups is 3. The fraction of sp³-hybridized carbons (Fsp3) is 0.844. The Labute approximate surface area is 326 Å². The van der Waals surface area contributed by atoms with E-state index in [1.54, 1.807) is 0 Å². The second-order valence-electron chi connectivity index (χ2n) is 15.9. The first-order valence-electron chi connectivity index (χ1n) is 21.9. The van der Waals surface area contributed by atoms with Crippen molar-refractivity contribution >= 4 is 17.9 Å². The molecule has 0 aromatic rings. The summed E-state index contributed by atoms with van der Waals surface area (Å²) in [5.74, 6) is -1.54. The SMILES string of the molecule is CCCCCC/C=C/CCC(=O)OC(COCCC(C(=O)O)[N+](C)(C)C)COC(=O)CCCCCCCCC/C=C/CCCCCCCCCCCC. The molecule has 2 atom stereocenters. The summed E-state index contributed by atoms with van der Waals surface area (Å²) in [6, 6.07) is -0.617. The van der Waals surface area contributed by atoms with Gasteiger partial charge in [0.15, 0.2) is 12.1 Å². The van der Waals surface area contributed by atoms with Gasteiger partial charge in [-0.05, 0) is 51.4 Å². The maximum atomic E-state index is 12.6. The van der Waals surface area contributed by atoms with Crippen molar-refractivity contribution in [2.24, 2.45) is 0 Å². The largest absolute Gasteiger partial charge is 0.477 e. The van der Waals surface area contributed by atoms with E-state index in [1.165, 1.54) is 122 Å². The smallest absolute Gasteiger partial charge is 0.362 e. The van der Waals surface area contributed by atoms with Crippen LogP contribution in [-0.4, -0.2) is 80.6 Å². The zero-order valence-electron chi connectivity index (χ0n) is 35.2. The highest BCUT2D eigenvalue weighted by Crippen LogP contribution is 2.14. The van der Waals surface area contributed by atoms with Gasteiger partial charge in [0.2, 0.25) is 0 Å². The third-order valence-corrected chi connectivity index (χ3v) is 9.84. The number of carboxylic acid groups (broad SMARTS) is 1. The molecule has 53 heavy (non-hydrogen) atoms. The van der Waals surface area contributed by atoms with Crippen LogP contribution in [0.5, 0.6) is 0 Å². The van der Waals surface area contributed by atoms with Crippen molar-refractivity contribution in [3.05, 3.63) is 24.3 Å². The van der Waals surface area contributed by atoms with Gasteiger partial charge in [-0.25, -0.2) is 4.79 Å². The van der Waals surface area contributed by atoms with E-state index < -0.39 is 18.1 Å². The van der Waals surface area contributed by atoms with E-state index in [9.17, 15) is 19.5 Å². The highest BCUT2D eigenvalue weighted by Gasteiger charge is 2.31. The van der Waals surface area contributed by atoms with Gasteiger partial charge in [-0.2, -0.15) is 0 Å². The molecule has 0 radical (unpaired) electrons. The molecule has 0 aliphatic rings. The van der Waals surface area contributed by atoms with Crippen molar-refractivity contribution in [3.63, 3.8) is 0 Å². The Morgan fingerprint density at radius 3 is 1.45 bits per heavy atom. The third-order valence-electron chi connectivity index (χ3n) is 9.84. The number of hydrogen-bond acceptors (Lipinski definition) is 6. The van der Waals surface area contributed by atoms with Gasteiger partial charge in [0.05, 0.1) is 34.4 Å². The summed E-state index contributed by atoms with van der Waals surface area (Å²) in [7, 11) is 5.51. The minimum atomic E-state index is -0.880. The van der Waals surface area contributed by atoms with Crippen LogP contribution < -0.4 is 0 Å². The lowest BCUT2D eigenvalue weighted by Crippen LogP contribution is -2.50. The Morgan fingerprint density at radius 1 is 0.547 bits per heavy atom. The van der Waals surface area contributed by atoms with E-state index in [1.807, 2.05) is 27.2 Å². The summed E-state index contributed by atoms with van der Waals surface area (Å²) >= 11 is 0. The molecule has 0 bridgehead atoms.